The van der Waals surface area contributed by atoms with E-state index in [9.17, 15) is 4.79 Å². The number of carbonyl (C=O) groups excluding carboxylic acids is 1. The third kappa shape index (κ3) is 6.15. The first-order valence-corrected chi connectivity index (χ1v) is 7.92. The quantitative estimate of drug-likeness (QED) is 0.858. The van der Waals surface area contributed by atoms with E-state index in [0.717, 1.165) is 18.5 Å². The van der Waals surface area contributed by atoms with Crippen molar-refractivity contribution in [3.8, 4) is 0 Å². The summed E-state index contributed by atoms with van der Waals surface area (Å²) in [5.41, 5.74) is 7.62. The predicted molar refractivity (Wildman–Crippen MR) is 85.9 cm³/mol. The average molecular weight is 292 g/mol. The molecular weight excluding hydrogens is 264 g/mol. The van der Waals surface area contributed by atoms with E-state index in [4.69, 9.17) is 10.5 Å². The van der Waals surface area contributed by atoms with Crippen LogP contribution in [-0.2, 0) is 9.53 Å². The van der Waals surface area contributed by atoms with Crippen LogP contribution in [0.4, 0.5) is 5.69 Å². The lowest BCUT2D eigenvalue weighted by molar-refractivity contribution is -0.149. The fourth-order valence-electron chi connectivity index (χ4n) is 2.54. The molecule has 0 atom stereocenters. The van der Waals surface area contributed by atoms with Crippen LogP contribution in [-0.4, -0.2) is 17.6 Å². The number of nitrogens with zero attached hydrogens (tertiary/aromatic N) is 1. The van der Waals surface area contributed by atoms with Crippen molar-refractivity contribution >= 4 is 11.7 Å². The first kappa shape index (κ1) is 17.5. The van der Waals surface area contributed by atoms with Crippen LogP contribution in [0, 0.1) is 5.92 Å². The van der Waals surface area contributed by atoms with Crippen molar-refractivity contribution in [2.24, 2.45) is 5.92 Å². The molecule has 0 saturated heterocycles. The van der Waals surface area contributed by atoms with Crippen LogP contribution in [0.15, 0.2) is 18.5 Å². The average Bonchev–Trinajstić information content (AvgIpc) is 2.49. The second-order valence-electron chi connectivity index (χ2n) is 5.75. The molecule has 1 aliphatic rings. The zero-order valence-corrected chi connectivity index (χ0v) is 13.5. The van der Waals surface area contributed by atoms with Gasteiger partial charge in [-0.15, -0.1) is 0 Å². The van der Waals surface area contributed by atoms with Crippen molar-refractivity contribution in [3.05, 3.63) is 24.0 Å². The topological polar surface area (TPSA) is 65.2 Å². The first-order valence-electron chi connectivity index (χ1n) is 7.92. The molecule has 4 nitrogen and oxygen atoms in total. The van der Waals surface area contributed by atoms with Crippen LogP contribution in [0.3, 0.4) is 0 Å². The molecule has 2 rings (SSSR count). The van der Waals surface area contributed by atoms with Gasteiger partial charge in [0.15, 0.2) is 0 Å². The molecule has 118 valence electrons. The smallest absolute Gasteiger partial charge is 0.308 e. The van der Waals surface area contributed by atoms with Crippen molar-refractivity contribution in [3.63, 3.8) is 0 Å². The maximum atomic E-state index is 11.2. The minimum atomic E-state index is 0.0206. The van der Waals surface area contributed by atoms with E-state index in [1.807, 2.05) is 13.0 Å². The number of ether oxygens (including phenoxy) is 1. The summed E-state index contributed by atoms with van der Waals surface area (Å²) in [5.74, 6) is 0.721. The highest BCUT2D eigenvalue weighted by Crippen LogP contribution is 2.24. The molecule has 0 radical (unpaired) electrons. The third-order valence-electron chi connectivity index (χ3n) is 3.73. The van der Waals surface area contributed by atoms with Gasteiger partial charge in [0.25, 0.3) is 0 Å². The number of nitrogens with two attached hydrogens (primary N) is 1. The molecule has 0 spiro atoms. The number of carbonyl (C=O) groups is 1. The summed E-state index contributed by atoms with van der Waals surface area (Å²) in [6, 6.07) is 1.96. The van der Waals surface area contributed by atoms with Crippen molar-refractivity contribution in [1.29, 1.82) is 0 Å². The van der Waals surface area contributed by atoms with Gasteiger partial charge >= 0.3 is 5.97 Å². The molecule has 0 unspecified atom stereocenters. The lowest BCUT2D eigenvalue weighted by atomic mass is 9.89. The molecule has 1 heterocycles. The van der Waals surface area contributed by atoms with E-state index in [2.05, 4.69) is 18.8 Å². The number of hydrogen-bond acceptors (Lipinski definition) is 4. The number of aromatic nitrogens is 1. The maximum absolute atomic E-state index is 11.2. The Kier molecular flexibility index (Phi) is 7.80. The maximum Gasteiger partial charge on any atom is 0.308 e. The number of pyridine rings is 1. The van der Waals surface area contributed by atoms with Gasteiger partial charge in [-0.25, -0.2) is 0 Å². The molecule has 4 heteroatoms. The SMILES string of the molecule is CC(C)c1ccncc1N.CCOC(=O)C1CCCCC1. The number of esters is 1. The summed E-state index contributed by atoms with van der Waals surface area (Å²) in [4.78, 5) is 15.1. The molecule has 1 fully saturated rings. The molecule has 1 aliphatic carbocycles. The number of anilines is 1. The molecule has 0 bridgehead atoms. The Balaban J connectivity index is 0.000000211. The van der Waals surface area contributed by atoms with Crippen molar-refractivity contribution in [2.45, 2.75) is 58.8 Å². The third-order valence-corrected chi connectivity index (χ3v) is 3.73. The van der Waals surface area contributed by atoms with Crippen molar-refractivity contribution in [2.75, 3.05) is 12.3 Å². The summed E-state index contributed by atoms with van der Waals surface area (Å²) in [5, 5.41) is 0. The van der Waals surface area contributed by atoms with Crippen LogP contribution >= 0.6 is 0 Å². The Labute approximate surface area is 128 Å². The molecule has 21 heavy (non-hydrogen) atoms. The van der Waals surface area contributed by atoms with Gasteiger partial charge in [0.1, 0.15) is 0 Å². The van der Waals surface area contributed by atoms with Crippen LogP contribution in [0.2, 0.25) is 0 Å². The number of rotatable bonds is 3. The van der Waals surface area contributed by atoms with E-state index in [-0.39, 0.29) is 11.9 Å². The van der Waals surface area contributed by atoms with Gasteiger partial charge in [-0.3, -0.25) is 9.78 Å². The fraction of sp³-hybridized carbons (Fsp3) is 0.647. The molecular formula is C17H28N2O2. The predicted octanol–water partition coefficient (Wildman–Crippen LogP) is 3.92. The molecule has 1 saturated carbocycles. The summed E-state index contributed by atoms with van der Waals surface area (Å²) < 4.78 is 4.94. The zero-order valence-electron chi connectivity index (χ0n) is 13.5. The second kappa shape index (κ2) is 9.37. The molecule has 1 aromatic heterocycles. The second-order valence-corrected chi connectivity index (χ2v) is 5.75. The zero-order chi connectivity index (χ0) is 15.7. The van der Waals surface area contributed by atoms with Gasteiger partial charge in [-0.2, -0.15) is 0 Å². The van der Waals surface area contributed by atoms with Gasteiger partial charge in [0.05, 0.1) is 24.4 Å². The monoisotopic (exact) mass is 292 g/mol. The molecule has 0 amide bonds. The van der Waals surface area contributed by atoms with E-state index < -0.39 is 0 Å². The molecule has 0 aliphatic heterocycles. The lowest BCUT2D eigenvalue weighted by Gasteiger charge is -2.19. The normalized spacial score (nSPS) is 15.2. The van der Waals surface area contributed by atoms with Gasteiger partial charge in [-0.05, 0) is 37.3 Å². The van der Waals surface area contributed by atoms with Gasteiger partial charge in [0, 0.05) is 6.20 Å². The van der Waals surface area contributed by atoms with Crippen LogP contribution in [0.1, 0.15) is 64.4 Å². The van der Waals surface area contributed by atoms with Crippen molar-refractivity contribution < 1.29 is 9.53 Å². The Bertz CT molecular complexity index is 427. The summed E-state index contributed by atoms with van der Waals surface area (Å²) in [6.45, 7) is 6.62. The summed E-state index contributed by atoms with van der Waals surface area (Å²) in [6.07, 6.45) is 9.22. The number of hydrogen-bond donors (Lipinski definition) is 1. The minimum Gasteiger partial charge on any atom is -0.466 e. The molecule has 2 N–H and O–H groups in total. The van der Waals surface area contributed by atoms with Crippen LogP contribution < -0.4 is 5.73 Å². The highest BCUT2D eigenvalue weighted by atomic mass is 16.5. The standard InChI is InChI=1S/C9H16O2.C8H12N2/c1-2-11-9(10)8-6-4-3-5-7-8;1-6(2)7-3-4-10-5-8(7)9/h8H,2-7H2,1H3;3-6H,9H2,1-2H3. The fourth-order valence-corrected chi connectivity index (χ4v) is 2.54. The van der Waals surface area contributed by atoms with E-state index in [1.54, 1.807) is 12.4 Å². The summed E-state index contributed by atoms with van der Waals surface area (Å²) in [7, 11) is 0. The molecule has 0 aromatic carbocycles. The minimum absolute atomic E-state index is 0.0206. The first-order chi connectivity index (χ1) is 10.1. The lowest BCUT2D eigenvalue weighted by Crippen LogP contribution is -2.20. The van der Waals surface area contributed by atoms with Crippen LogP contribution in [0.25, 0.3) is 0 Å². The Morgan fingerprint density at radius 1 is 1.38 bits per heavy atom. The number of nitrogen functional groups attached to an aromatic ring is 1. The van der Waals surface area contributed by atoms with Crippen molar-refractivity contribution in [1.82, 2.24) is 4.98 Å². The largest absolute Gasteiger partial charge is 0.466 e. The van der Waals surface area contributed by atoms with Crippen LogP contribution in [0.5, 0.6) is 0 Å². The highest BCUT2D eigenvalue weighted by Gasteiger charge is 2.21. The highest BCUT2D eigenvalue weighted by molar-refractivity contribution is 5.72. The van der Waals surface area contributed by atoms with E-state index in [0.29, 0.717) is 12.5 Å². The van der Waals surface area contributed by atoms with E-state index >= 15 is 0 Å². The Morgan fingerprint density at radius 2 is 2.05 bits per heavy atom. The Hall–Kier alpha value is -1.58. The van der Waals surface area contributed by atoms with E-state index in [1.165, 1.54) is 24.8 Å². The van der Waals surface area contributed by atoms with Gasteiger partial charge in [0.2, 0.25) is 0 Å². The van der Waals surface area contributed by atoms with Gasteiger partial charge < -0.3 is 10.5 Å². The Morgan fingerprint density at radius 3 is 2.52 bits per heavy atom. The van der Waals surface area contributed by atoms with Gasteiger partial charge in [-0.1, -0.05) is 33.1 Å². The molecule has 1 aromatic rings. The summed E-state index contributed by atoms with van der Waals surface area (Å²) >= 11 is 0.